The number of rotatable bonds is 3. The summed E-state index contributed by atoms with van der Waals surface area (Å²) in [5.74, 6) is -0.894. The Hall–Kier alpha value is -2.44. The summed E-state index contributed by atoms with van der Waals surface area (Å²) in [6, 6.07) is 4.81. The summed E-state index contributed by atoms with van der Waals surface area (Å²) in [5.41, 5.74) is 0.900. The van der Waals surface area contributed by atoms with Crippen LogP contribution in [0.1, 0.15) is 51.4 Å². The highest BCUT2D eigenvalue weighted by Crippen LogP contribution is 2.42. The van der Waals surface area contributed by atoms with Crippen molar-refractivity contribution in [3.8, 4) is 0 Å². The highest BCUT2D eigenvalue weighted by atomic mass is 16.6. The smallest absolute Gasteiger partial charge is 0.294 e. The third kappa shape index (κ3) is 3.19. The molecule has 0 unspecified atom stereocenters. The predicted octanol–water partition coefficient (Wildman–Crippen LogP) is 3.65. The van der Waals surface area contributed by atoms with Gasteiger partial charge in [0, 0.05) is 19.2 Å². The molecule has 2 saturated heterocycles. The number of imide groups is 1. The normalized spacial score (nSPS) is 26.1. The first kappa shape index (κ1) is 17.9. The Balaban J connectivity index is 1.68. The van der Waals surface area contributed by atoms with E-state index in [1.54, 1.807) is 12.1 Å². The van der Waals surface area contributed by atoms with Crippen LogP contribution in [0.15, 0.2) is 18.2 Å². The molecule has 3 aliphatic rings. The van der Waals surface area contributed by atoms with Gasteiger partial charge in [0.1, 0.15) is 5.69 Å². The van der Waals surface area contributed by atoms with Crippen molar-refractivity contribution in [2.75, 3.05) is 22.9 Å². The Morgan fingerprint density at radius 2 is 1.48 bits per heavy atom. The lowest BCUT2D eigenvalue weighted by molar-refractivity contribution is -0.384. The van der Waals surface area contributed by atoms with E-state index in [4.69, 9.17) is 0 Å². The zero-order chi connectivity index (χ0) is 19.0. The van der Waals surface area contributed by atoms with Crippen molar-refractivity contribution in [2.24, 2.45) is 11.8 Å². The number of carbonyl (C=O) groups excluding carboxylic acids is 2. The maximum Gasteiger partial charge on any atom is 0.294 e. The maximum absolute atomic E-state index is 12.8. The molecule has 2 atom stereocenters. The van der Waals surface area contributed by atoms with E-state index in [1.165, 1.54) is 11.0 Å². The van der Waals surface area contributed by atoms with E-state index in [-0.39, 0.29) is 29.3 Å². The lowest BCUT2D eigenvalue weighted by atomic mass is 9.81. The summed E-state index contributed by atoms with van der Waals surface area (Å²) in [5, 5.41) is 11.7. The molecular weight excluding hydrogens is 346 g/mol. The Morgan fingerprint density at radius 1 is 0.889 bits per heavy atom. The molecule has 1 aromatic carbocycles. The molecule has 0 bridgehead atoms. The summed E-state index contributed by atoms with van der Waals surface area (Å²) in [7, 11) is 0. The van der Waals surface area contributed by atoms with Crippen LogP contribution in [-0.4, -0.2) is 29.8 Å². The number of benzene rings is 1. The third-order valence-electron chi connectivity index (χ3n) is 6.20. The van der Waals surface area contributed by atoms with Gasteiger partial charge in [0.05, 0.1) is 22.4 Å². The standard InChI is InChI=1S/C20H25N3O4/c24-19-15-7-3-4-8-16(15)20(25)22(19)14-9-10-17(18(13-14)23(26)27)21-11-5-1-2-6-12-21/h9-10,13,15-16H,1-8,11-12H2/t15-,16+. The van der Waals surface area contributed by atoms with E-state index < -0.39 is 4.92 Å². The van der Waals surface area contributed by atoms with Gasteiger partial charge in [-0.25, -0.2) is 4.90 Å². The molecule has 7 nitrogen and oxygen atoms in total. The van der Waals surface area contributed by atoms with E-state index in [1.807, 2.05) is 0 Å². The number of hydrogen-bond donors (Lipinski definition) is 0. The highest BCUT2D eigenvalue weighted by molar-refractivity contribution is 6.22. The van der Waals surface area contributed by atoms with Gasteiger partial charge in [0.2, 0.25) is 11.8 Å². The molecule has 0 spiro atoms. The van der Waals surface area contributed by atoms with Crippen molar-refractivity contribution in [1.29, 1.82) is 0 Å². The van der Waals surface area contributed by atoms with Gasteiger partial charge in [-0.05, 0) is 37.8 Å². The van der Waals surface area contributed by atoms with Crippen LogP contribution in [0.4, 0.5) is 17.1 Å². The lowest BCUT2D eigenvalue weighted by Crippen LogP contribution is -2.31. The van der Waals surface area contributed by atoms with E-state index in [9.17, 15) is 19.7 Å². The van der Waals surface area contributed by atoms with E-state index in [2.05, 4.69) is 4.90 Å². The van der Waals surface area contributed by atoms with Crippen LogP contribution < -0.4 is 9.80 Å². The number of hydrogen-bond acceptors (Lipinski definition) is 5. The van der Waals surface area contributed by atoms with Crippen LogP contribution in [0.3, 0.4) is 0 Å². The quantitative estimate of drug-likeness (QED) is 0.460. The molecule has 4 rings (SSSR count). The van der Waals surface area contributed by atoms with Gasteiger partial charge >= 0.3 is 0 Å². The van der Waals surface area contributed by atoms with Crippen LogP contribution in [0.5, 0.6) is 0 Å². The van der Waals surface area contributed by atoms with Crippen molar-refractivity contribution in [3.05, 3.63) is 28.3 Å². The molecule has 1 aliphatic carbocycles. The van der Waals surface area contributed by atoms with Gasteiger partial charge < -0.3 is 4.90 Å². The molecule has 1 aromatic rings. The van der Waals surface area contributed by atoms with E-state index in [0.717, 1.165) is 64.5 Å². The number of nitro benzene ring substituents is 1. The SMILES string of the molecule is O=C1[C@H]2CCCC[C@H]2C(=O)N1c1ccc(N2CCCCCC2)c([N+](=O)[O-])c1. The summed E-state index contributed by atoms with van der Waals surface area (Å²) < 4.78 is 0. The van der Waals surface area contributed by atoms with Gasteiger partial charge in [-0.3, -0.25) is 19.7 Å². The monoisotopic (exact) mass is 371 g/mol. The summed E-state index contributed by atoms with van der Waals surface area (Å²) in [6.07, 6.45) is 7.71. The zero-order valence-electron chi connectivity index (χ0n) is 15.4. The van der Waals surface area contributed by atoms with E-state index in [0.29, 0.717) is 11.4 Å². The zero-order valence-corrected chi connectivity index (χ0v) is 15.4. The number of amides is 2. The van der Waals surface area contributed by atoms with Crippen molar-refractivity contribution >= 4 is 28.9 Å². The van der Waals surface area contributed by atoms with Crippen molar-refractivity contribution in [3.63, 3.8) is 0 Å². The minimum atomic E-state index is -0.401. The largest absolute Gasteiger partial charge is 0.366 e. The Bertz CT molecular complexity index is 746. The van der Waals surface area contributed by atoms with Gasteiger partial charge in [-0.15, -0.1) is 0 Å². The molecule has 2 amide bonds. The highest BCUT2D eigenvalue weighted by Gasteiger charge is 2.49. The molecule has 0 N–H and O–H groups in total. The van der Waals surface area contributed by atoms with Crippen LogP contribution in [0, 0.1) is 22.0 Å². The number of nitrogens with zero attached hydrogens (tertiary/aromatic N) is 3. The van der Waals surface area contributed by atoms with Crippen LogP contribution >= 0.6 is 0 Å². The second-order valence-electron chi connectivity index (χ2n) is 7.84. The maximum atomic E-state index is 12.8. The van der Waals surface area contributed by atoms with Crippen LogP contribution in [-0.2, 0) is 9.59 Å². The molecule has 7 heteroatoms. The fraction of sp³-hybridized carbons (Fsp3) is 0.600. The van der Waals surface area contributed by atoms with E-state index >= 15 is 0 Å². The minimum Gasteiger partial charge on any atom is -0.366 e. The molecule has 144 valence electrons. The first-order chi connectivity index (χ1) is 13.1. The first-order valence-corrected chi connectivity index (χ1v) is 9.99. The number of anilines is 2. The molecule has 2 aliphatic heterocycles. The third-order valence-corrected chi connectivity index (χ3v) is 6.20. The molecule has 1 saturated carbocycles. The van der Waals surface area contributed by atoms with Gasteiger partial charge in [-0.2, -0.15) is 0 Å². The number of nitro groups is 1. The average Bonchev–Trinajstić information content (AvgIpc) is 2.86. The van der Waals surface area contributed by atoms with Crippen LogP contribution in [0.2, 0.25) is 0 Å². The molecule has 27 heavy (non-hydrogen) atoms. The predicted molar refractivity (Wildman–Crippen MR) is 102 cm³/mol. The summed E-state index contributed by atoms with van der Waals surface area (Å²) in [6.45, 7) is 1.60. The lowest BCUT2D eigenvalue weighted by Gasteiger charge is -2.23. The molecule has 2 heterocycles. The van der Waals surface area contributed by atoms with Crippen LogP contribution in [0.25, 0.3) is 0 Å². The number of fused-ring (bicyclic) bond motifs is 1. The van der Waals surface area contributed by atoms with Crippen molar-refractivity contribution < 1.29 is 14.5 Å². The molecule has 0 radical (unpaired) electrons. The Kier molecular flexibility index (Phi) is 4.85. The molecular formula is C20H25N3O4. The van der Waals surface area contributed by atoms with Gasteiger partial charge in [0.25, 0.3) is 5.69 Å². The summed E-state index contributed by atoms with van der Waals surface area (Å²) in [4.78, 5) is 40.2. The average molecular weight is 371 g/mol. The molecule has 0 aromatic heterocycles. The fourth-order valence-corrected chi connectivity index (χ4v) is 4.79. The van der Waals surface area contributed by atoms with Crippen molar-refractivity contribution in [1.82, 2.24) is 0 Å². The fourth-order valence-electron chi connectivity index (χ4n) is 4.79. The molecule has 3 fully saturated rings. The Morgan fingerprint density at radius 3 is 2.04 bits per heavy atom. The van der Waals surface area contributed by atoms with Gasteiger partial charge in [-0.1, -0.05) is 25.7 Å². The first-order valence-electron chi connectivity index (χ1n) is 9.99. The van der Waals surface area contributed by atoms with Gasteiger partial charge in [0.15, 0.2) is 0 Å². The second-order valence-corrected chi connectivity index (χ2v) is 7.84. The van der Waals surface area contributed by atoms with Crippen molar-refractivity contribution in [2.45, 2.75) is 51.4 Å². The topological polar surface area (TPSA) is 83.8 Å². The number of carbonyl (C=O) groups is 2. The Labute approximate surface area is 158 Å². The summed E-state index contributed by atoms with van der Waals surface area (Å²) >= 11 is 0. The minimum absolute atomic E-state index is 0.0233. The second kappa shape index (κ2) is 7.29.